The predicted octanol–water partition coefficient (Wildman–Crippen LogP) is 6.34. The van der Waals surface area contributed by atoms with Crippen LogP contribution in [0.3, 0.4) is 0 Å². The Morgan fingerprint density at radius 2 is 1.58 bits per heavy atom. The first-order valence-electron chi connectivity index (χ1n) is 9.39. The van der Waals surface area contributed by atoms with Gasteiger partial charge in [0.05, 0.1) is 6.04 Å². The van der Waals surface area contributed by atoms with Crippen LogP contribution in [0.5, 0.6) is 5.75 Å². The number of nitrogens with zero attached hydrogens (tertiary/aromatic N) is 1. The lowest BCUT2D eigenvalue weighted by Gasteiger charge is -2.39. The summed E-state index contributed by atoms with van der Waals surface area (Å²) in [6, 6.07) is 25.6. The number of phenolic OH excluding ortho intramolecular Hbond substituents is 1. The van der Waals surface area contributed by atoms with Gasteiger partial charge in [0.15, 0.2) is 0 Å². The van der Waals surface area contributed by atoms with Gasteiger partial charge < -0.3 is 10.0 Å². The number of hydrogen-bond donors (Lipinski definition) is 1. The summed E-state index contributed by atoms with van der Waals surface area (Å²) in [4.78, 5) is 2.42. The molecule has 0 aromatic heterocycles. The van der Waals surface area contributed by atoms with E-state index in [2.05, 4.69) is 67.3 Å². The maximum atomic E-state index is 9.70. The van der Waals surface area contributed by atoms with Gasteiger partial charge in [-0.2, -0.15) is 0 Å². The number of anilines is 2. The third-order valence-electron chi connectivity index (χ3n) is 5.37. The summed E-state index contributed by atoms with van der Waals surface area (Å²) in [5.74, 6) is 0.848. The quantitative estimate of drug-likeness (QED) is 0.599. The minimum Gasteiger partial charge on any atom is -0.508 e. The Morgan fingerprint density at radius 3 is 2.27 bits per heavy atom. The Labute approximate surface area is 155 Å². The molecule has 1 aliphatic rings. The average molecular weight is 343 g/mol. The third-order valence-corrected chi connectivity index (χ3v) is 5.37. The van der Waals surface area contributed by atoms with Crippen LogP contribution in [-0.2, 0) is 6.42 Å². The van der Waals surface area contributed by atoms with Crippen molar-refractivity contribution in [2.75, 3.05) is 4.90 Å². The Morgan fingerprint density at radius 1 is 0.885 bits per heavy atom. The molecule has 0 saturated heterocycles. The molecule has 1 aliphatic heterocycles. The summed E-state index contributed by atoms with van der Waals surface area (Å²) < 4.78 is 0. The predicted molar refractivity (Wildman–Crippen MR) is 108 cm³/mol. The van der Waals surface area contributed by atoms with Crippen LogP contribution in [0.1, 0.15) is 48.9 Å². The van der Waals surface area contributed by atoms with E-state index in [0.717, 1.165) is 18.5 Å². The largest absolute Gasteiger partial charge is 0.508 e. The van der Waals surface area contributed by atoms with Crippen molar-refractivity contribution in [2.24, 2.45) is 0 Å². The molecule has 4 rings (SSSR count). The second-order valence-corrected chi connectivity index (χ2v) is 7.39. The highest BCUT2D eigenvalue weighted by atomic mass is 16.3. The van der Waals surface area contributed by atoms with Crippen LogP contribution < -0.4 is 4.90 Å². The second kappa shape index (κ2) is 6.87. The molecule has 1 unspecified atom stereocenters. The number of phenols is 1. The third kappa shape index (κ3) is 3.08. The molecular formula is C24H25NO. The fourth-order valence-electron chi connectivity index (χ4n) is 3.90. The Balaban J connectivity index is 1.78. The number of benzene rings is 3. The van der Waals surface area contributed by atoms with Crippen LogP contribution in [0.2, 0.25) is 0 Å². The van der Waals surface area contributed by atoms with Crippen molar-refractivity contribution >= 4 is 11.4 Å². The highest BCUT2D eigenvalue weighted by Gasteiger charge is 2.28. The Kier molecular flexibility index (Phi) is 4.42. The minimum atomic E-state index is 0.302. The first-order chi connectivity index (χ1) is 12.6. The van der Waals surface area contributed by atoms with Crippen molar-refractivity contribution in [2.45, 2.75) is 38.6 Å². The molecule has 0 radical (unpaired) electrons. The van der Waals surface area contributed by atoms with Crippen LogP contribution >= 0.6 is 0 Å². The van der Waals surface area contributed by atoms with Crippen molar-refractivity contribution in [1.29, 1.82) is 0 Å². The van der Waals surface area contributed by atoms with E-state index in [-0.39, 0.29) is 0 Å². The lowest BCUT2D eigenvalue weighted by atomic mass is 9.89. The summed E-state index contributed by atoms with van der Waals surface area (Å²) in [5, 5.41) is 9.70. The smallest absolute Gasteiger partial charge is 0.115 e. The summed E-state index contributed by atoms with van der Waals surface area (Å²) in [7, 11) is 0. The molecule has 0 saturated carbocycles. The molecule has 26 heavy (non-hydrogen) atoms. The molecule has 1 atom stereocenters. The minimum absolute atomic E-state index is 0.302. The normalized spacial score (nSPS) is 16.6. The summed E-state index contributed by atoms with van der Waals surface area (Å²) in [5.41, 5.74) is 6.49. The van der Waals surface area contributed by atoms with Crippen LogP contribution in [0.4, 0.5) is 11.4 Å². The van der Waals surface area contributed by atoms with Gasteiger partial charge in [-0.05, 0) is 65.8 Å². The standard InChI is InChI=1S/C24H25NO/c1-17(2)18-7-9-20(10-8-18)24-16-11-19-5-3-4-6-23(19)25(24)21-12-14-22(26)15-13-21/h3-10,12-15,17,24,26H,11,16H2,1-2H3. The van der Waals surface area contributed by atoms with E-state index in [1.54, 1.807) is 12.1 Å². The van der Waals surface area contributed by atoms with Crippen molar-refractivity contribution in [1.82, 2.24) is 0 Å². The van der Waals surface area contributed by atoms with E-state index < -0.39 is 0 Å². The highest BCUT2D eigenvalue weighted by molar-refractivity contribution is 5.70. The summed E-state index contributed by atoms with van der Waals surface area (Å²) >= 11 is 0. The molecule has 0 fully saturated rings. The molecule has 2 heteroatoms. The Hall–Kier alpha value is -2.74. The van der Waals surface area contributed by atoms with Gasteiger partial charge in [-0.15, -0.1) is 0 Å². The van der Waals surface area contributed by atoms with E-state index in [1.807, 2.05) is 12.1 Å². The van der Waals surface area contributed by atoms with Crippen molar-refractivity contribution in [3.8, 4) is 5.75 Å². The molecule has 3 aromatic carbocycles. The monoisotopic (exact) mass is 343 g/mol. The number of fused-ring (bicyclic) bond motifs is 1. The van der Waals surface area contributed by atoms with E-state index in [4.69, 9.17) is 0 Å². The molecule has 1 heterocycles. The number of para-hydroxylation sites is 1. The molecule has 1 N–H and O–H groups in total. The lowest BCUT2D eigenvalue weighted by molar-refractivity contribution is 0.475. The van der Waals surface area contributed by atoms with Crippen LogP contribution in [0.15, 0.2) is 72.8 Å². The van der Waals surface area contributed by atoms with Gasteiger partial charge in [-0.25, -0.2) is 0 Å². The van der Waals surface area contributed by atoms with Gasteiger partial charge in [-0.3, -0.25) is 0 Å². The van der Waals surface area contributed by atoms with E-state index >= 15 is 0 Å². The number of aryl methyl sites for hydroxylation is 1. The molecule has 0 amide bonds. The van der Waals surface area contributed by atoms with Crippen molar-refractivity contribution in [3.05, 3.63) is 89.5 Å². The maximum Gasteiger partial charge on any atom is 0.115 e. The van der Waals surface area contributed by atoms with Crippen LogP contribution in [0, 0.1) is 0 Å². The first kappa shape index (κ1) is 16.7. The molecule has 0 bridgehead atoms. The van der Waals surface area contributed by atoms with Crippen LogP contribution in [-0.4, -0.2) is 5.11 Å². The second-order valence-electron chi connectivity index (χ2n) is 7.39. The fraction of sp³-hybridized carbons (Fsp3) is 0.250. The molecule has 3 aromatic rings. The van der Waals surface area contributed by atoms with E-state index in [1.165, 1.54) is 22.4 Å². The molecule has 0 aliphatic carbocycles. The molecule has 0 spiro atoms. The zero-order chi connectivity index (χ0) is 18.1. The number of aromatic hydroxyl groups is 1. The van der Waals surface area contributed by atoms with Crippen molar-refractivity contribution < 1.29 is 5.11 Å². The number of hydrogen-bond acceptors (Lipinski definition) is 2. The zero-order valence-corrected chi connectivity index (χ0v) is 15.4. The zero-order valence-electron chi connectivity index (χ0n) is 15.4. The topological polar surface area (TPSA) is 23.5 Å². The van der Waals surface area contributed by atoms with E-state index in [0.29, 0.717) is 17.7 Å². The van der Waals surface area contributed by atoms with Gasteiger partial charge in [-0.1, -0.05) is 56.3 Å². The molecule has 2 nitrogen and oxygen atoms in total. The Bertz CT molecular complexity index is 881. The van der Waals surface area contributed by atoms with Gasteiger partial charge in [0.25, 0.3) is 0 Å². The molecular weight excluding hydrogens is 318 g/mol. The maximum absolute atomic E-state index is 9.70. The van der Waals surface area contributed by atoms with Gasteiger partial charge in [0.1, 0.15) is 5.75 Å². The van der Waals surface area contributed by atoms with Crippen molar-refractivity contribution in [3.63, 3.8) is 0 Å². The molecule has 132 valence electrons. The average Bonchev–Trinajstić information content (AvgIpc) is 2.68. The van der Waals surface area contributed by atoms with Gasteiger partial charge in [0, 0.05) is 11.4 Å². The summed E-state index contributed by atoms with van der Waals surface area (Å²) in [6.07, 6.45) is 2.17. The fourth-order valence-corrected chi connectivity index (χ4v) is 3.90. The van der Waals surface area contributed by atoms with Crippen LogP contribution in [0.25, 0.3) is 0 Å². The lowest BCUT2D eigenvalue weighted by Crippen LogP contribution is -2.29. The highest BCUT2D eigenvalue weighted by Crippen LogP contribution is 2.43. The van der Waals surface area contributed by atoms with Gasteiger partial charge >= 0.3 is 0 Å². The SMILES string of the molecule is CC(C)c1ccc(C2CCc3ccccc3N2c2ccc(O)cc2)cc1. The number of rotatable bonds is 3. The van der Waals surface area contributed by atoms with E-state index in [9.17, 15) is 5.11 Å². The van der Waals surface area contributed by atoms with Gasteiger partial charge in [0.2, 0.25) is 0 Å². The summed E-state index contributed by atoms with van der Waals surface area (Å²) in [6.45, 7) is 4.46. The first-order valence-corrected chi connectivity index (χ1v) is 9.39.